The van der Waals surface area contributed by atoms with E-state index in [4.69, 9.17) is 0 Å². The largest absolute Gasteiger partial charge is 0.356 e. The summed E-state index contributed by atoms with van der Waals surface area (Å²) in [6, 6.07) is 10.2. The molecule has 1 aliphatic rings. The van der Waals surface area contributed by atoms with Gasteiger partial charge in [-0.05, 0) is 13.8 Å². The summed E-state index contributed by atoms with van der Waals surface area (Å²) in [5.74, 6) is 2.02. The molecule has 0 amide bonds. The summed E-state index contributed by atoms with van der Waals surface area (Å²) in [6.45, 7) is 5.56. The molecule has 1 fully saturated rings. The fourth-order valence-electron chi connectivity index (χ4n) is 2.53. The summed E-state index contributed by atoms with van der Waals surface area (Å²) in [4.78, 5) is 22.8. The molecule has 0 radical (unpaired) electrons. The molecule has 1 aromatic carbocycles. The Morgan fingerprint density at radius 1 is 1.00 bits per heavy atom. The maximum absolute atomic E-state index is 11.4. The van der Waals surface area contributed by atoms with Crippen LogP contribution in [0.3, 0.4) is 0 Å². The Balaban J connectivity index is 1.92. The molecule has 0 bridgehead atoms. The lowest BCUT2D eigenvalue weighted by atomic mass is 10.1. The van der Waals surface area contributed by atoms with Crippen LogP contribution in [0.15, 0.2) is 30.3 Å². The topological polar surface area (TPSA) is 46.1 Å². The van der Waals surface area contributed by atoms with Crippen molar-refractivity contribution in [1.82, 2.24) is 9.97 Å². The average molecular weight is 281 g/mol. The van der Waals surface area contributed by atoms with Gasteiger partial charge in [0.2, 0.25) is 0 Å². The Kier molecular flexibility index (Phi) is 3.69. The minimum atomic E-state index is 0.343. The quantitative estimate of drug-likeness (QED) is 0.849. The number of ketones is 1. The van der Waals surface area contributed by atoms with Crippen molar-refractivity contribution >= 4 is 11.6 Å². The van der Waals surface area contributed by atoms with Gasteiger partial charge >= 0.3 is 0 Å². The standard InChI is InChI=1S/C17H19N3O/c1-12-3-5-14(6-4-12)17-18-13(2)11-16(19-17)20-9-7-15(21)8-10-20/h3-6,11H,7-10H2,1-2H3. The number of rotatable bonds is 2. The highest BCUT2D eigenvalue weighted by molar-refractivity contribution is 5.80. The van der Waals surface area contributed by atoms with Crippen molar-refractivity contribution in [2.75, 3.05) is 18.0 Å². The van der Waals surface area contributed by atoms with Gasteiger partial charge in [-0.15, -0.1) is 0 Å². The van der Waals surface area contributed by atoms with E-state index in [1.165, 1.54) is 5.56 Å². The Hall–Kier alpha value is -2.23. The summed E-state index contributed by atoms with van der Waals surface area (Å²) in [6.07, 6.45) is 1.23. The maximum Gasteiger partial charge on any atom is 0.161 e. The fraction of sp³-hybridized carbons (Fsp3) is 0.353. The van der Waals surface area contributed by atoms with E-state index in [2.05, 4.69) is 33.9 Å². The lowest BCUT2D eigenvalue weighted by molar-refractivity contribution is -0.119. The zero-order valence-corrected chi connectivity index (χ0v) is 12.5. The molecule has 4 heteroatoms. The van der Waals surface area contributed by atoms with Crippen molar-refractivity contribution in [3.05, 3.63) is 41.6 Å². The van der Waals surface area contributed by atoms with Crippen LogP contribution in [-0.2, 0) is 4.79 Å². The molecule has 1 aliphatic heterocycles. The van der Waals surface area contributed by atoms with Crippen LogP contribution < -0.4 is 4.90 Å². The van der Waals surface area contributed by atoms with Gasteiger partial charge in [-0.25, -0.2) is 9.97 Å². The van der Waals surface area contributed by atoms with Crippen molar-refractivity contribution in [2.45, 2.75) is 26.7 Å². The number of carbonyl (C=O) groups excluding carboxylic acids is 1. The van der Waals surface area contributed by atoms with Crippen LogP contribution in [0.5, 0.6) is 0 Å². The molecule has 1 saturated heterocycles. The molecule has 2 aromatic rings. The van der Waals surface area contributed by atoms with Crippen molar-refractivity contribution in [3.63, 3.8) is 0 Å². The number of Topliss-reactive ketones (excluding diaryl/α,β-unsaturated/α-hetero) is 1. The smallest absolute Gasteiger partial charge is 0.161 e. The number of benzene rings is 1. The second-order valence-electron chi connectivity index (χ2n) is 5.58. The molecule has 3 rings (SSSR count). The molecule has 21 heavy (non-hydrogen) atoms. The van der Waals surface area contributed by atoms with Crippen LogP contribution in [-0.4, -0.2) is 28.8 Å². The van der Waals surface area contributed by atoms with Crippen LogP contribution in [0.25, 0.3) is 11.4 Å². The summed E-state index contributed by atoms with van der Waals surface area (Å²) in [7, 11) is 0. The third kappa shape index (κ3) is 3.10. The van der Waals surface area contributed by atoms with Crippen LogP contribution in [0.1, 0.15) is 24.1 Å². The number of nitrogens with zero attached hydrogens (tertiary/aromatic N) is 3. The molecule has 0 N–H and O–H groups in total. The van der Waals surface area contributed by atoms with Crippen LogP contribution >= 0.6 is 0 Å². The molecule has 0 aliphatic carbocycles. The van der Waals surface area contributed by atoms with Gasteiger partial charge in [-0.3, -0.25) is 4.79 Å². The lowest BCUT2D eigenvalue weighted by Gasteiger charge is -2.27. The monoisotopic (exact) mass is 281 g/mol. The summed E-state index contributed by atoms with van der Waals surface area (Å²) in [5.41, 5.74) is 3.20. The van der Waals surface area contributed by atoms with E-state index in [1.807, 2.05) is 25.1 Å². The van der Waals surface area contributed by atoms with Crippen LogP contribution in [0.4, 0.5) is 5.82 Å². The zero-order valence-electron chi connectivity index (χ0n) is 12.5. The van der Waals surface area contributed by atoms with E-state index in [0.717, 1.165) is 36.0 Å². The number of anilines is 1. The fourth-order valence-corrected chi connectivity index (χ4v) is 2.53. The SMILES string of the molecule is Cc1ccc(-c2nc(C)cc(N3CCC(=O)CC3)n2)cc1. The first-order valence-corrected chi connectivity index (χ1v) is 7.31. The first-order chi connectivity index (χ1) is 10.1. The first kappa shape index (κ1) is 13.7. The van der Waals surface area contributed by atoms with Gasteiger partial charge in [0, 0.05) is 43.3 Å². The summed E-state index contributed by atoms with van der Waals surface area (Å²) < 4.78 is 0. The second kappa shape index (κ2) is 5.64. The highest BCUT2D eigenvalue weighted by Gasteiger charge is 2.18. The number of carbonyl (C=O) groups is 1. The third-order valence-electron chi connectivity index (χ3n) is 3.80. The Bertz CT molecular complexity index is 654. The minimum Gasteiger partial charge on any atom is -0.356 e. The molecule has 0 saturated carbocycles. The van der Waals surface area contributed by atoms with Crippen molar-refractivity contribution in [3.8, 4) is 11.4 Å². The molecule has 0 spiro atoms. The van der Waals surface area contributed by atoms with Gasteiger partial charge in [-0.2, -0.15) is 0 Å². The van der Waals surface area contributed by atoms with Crippen molar-refractivity contribution in [2.24, 2.45) is 0 Å². The van der Waals surface area contributed by atoms with E-state index >= 15 is 0 Å². The third-order valence-corrected chi connectivity index (χ3v) is 3.80. The molecular formula is C17H19N3O. The van der Waals surface area contributed by atoms with E-state index < -0.39 is 0 Å². The van der Waals surface area contributed by atoms with E-state index in [9.17, 15) is 4.79 Å². The predicted octanol–water partition coefficient (Wildman–Crippen LogP) is 2.93. The number of hydrogen-bond acceptors (Lipinski definition) is 4. The summed E-state index contributed by atoms with van der Waals surface area (Å²) >= 11 is 0. The van der Waals surface area contributed by atoms with Gasteiger partial charge in [0.1, 0.15) is 11.6 Å². The van der Waals surface area contributed by atoms with Gasteiger partial charge in [-0.1, -0.05) is 29.8 Å². The van der Waals surface area contributed by atoms with E-state index in [0.29, 0.717) is 18.6 Å². The molecular weight excluding hydrogens is 262 g/mol. The van der Waals surface area contributed by atoms with Gasteiger partial charge in [0.15, 0.2) is 5.82 Å². The van der Waals surface area contributed by atoms with Gasteiger partial charge in [0.25, 0.3) is 0 Å². The van der Waals surface area contributed by atoms with Gasteiger partial charge < -0.3 is 4.90 Å². The number of aromatic nitrogens is 2. The van der Waals surface area contributed by atoms with Crippen molar-refractivity contribution in [1.29, 1.82) is 0 Å². The predicted molar refractivity (Wildman–Crippen MR) is 83.4 cm³/mol. The number of piperidine rings is 1. The number of aryl methyl sites for hydroxylation is 2. The normalized spacial score (nSPS) is 15.3. The Labute approximate surface area is 124 Å². The van der Waals surface area contributed by atoms with Crippen LogP contribution in [0.2, 0.25) is 0 Å². The second-order valence-corrected chi connectivity index (χ2v) is 5.58. The summed E-state index contributed by atoms with van der Waals surface area (Å²) in [5, 5.41) is 0. The highest BCUT2D eigenvalue weighted by Crippen LogP contribution is 2.22. The Morgan fingerprint density at radius 2 is 1.67 bits per heavy atom. The van der Waals surface area contributed by atoms with Gasteiger partial charge in [0.05, 0.1) is 0 Å². The van der Waals surface area contributed by atoms with E-state index in [-0.39, 0.29) is 0 Å². The average Bonchev–Trinajstić information content (AvgIpc) is 2.48. The molecule has 4 nitrogen and oxygen atoms in total. The Morgan fingerprint density at radius 3 is 2.33 bits per heavy atom. The van der Waals surface area contributed by atoms with Crippen LogP contribution in [0, 0.1) is 13.8 Å². The molecule has 108 valence electrons. The lowest BCUT2D eigenvalue weighted by Crippen LogP contribution is -2.34. The van der Waals surface area contributed by atoms with E-state index in [1.54, 1.807) is 0 Å². The molecule has 0 unspecified atom stereocenters. The minimum absolute atomic E-state index is 0.343. The zero-order chi connectivity index (χ0) is 14.8. The molecule has 0 atom stereocenters. The highest BCUT2D eigenvalue weighted by atomic mass is 16.1. The molecule has 1 aromatic heterocycles. The number of hydrogen-bond donors (Lipinski definition) is 0. The maximum atomic E-state index is 11.4. The first-order valence-electron chi connectivity index (χ1n) is 7.31. The van der Waals surface area contributed by atoms with Crippen molar-refractivity contribution < 1.29 is 4.79 Å². The molecule has 2 heterocycles.